The molecule has 3 nitrogen and oxygen atoms in total. The van der Waals surface area contributed by atoms with Gasteiger partial charge in [-0.2, -0.15) is 13.2 Å². The van der Waals surface area contributed by atoms with Gasteiger partial charge >= 0.3 is 12.1 Å². The van der Waals surface area contributed by atoms with E-state index >= 15 is 0 Å². The topological polar surface area (TPSA) is 38.3 Å². The second kappa shape index (κ2) is 9.22. The molecule has 0 aliphatic heterocycles. The first-order valence-electron chi connectivity index (χ1n) is 7.51. The Bertz CT molecular complexity index is 515. The van der Waals surface area contributed by atoms with Gasteiger partial charge in [-0.15, -0.1) is 6.58 Å². The van der Waals surface area contributed by atoms with Crippen LogP contribution in [0.15, 0.2) is 36.9 Å². The number of allylic oxidation sites excluding steroid dienone is 1. The van der Waals surface area contributed by atoms with Crippen LogP contribution in [-0.4, -0.2) is 19.1 Å². The molecule has 1 rings (SSSR count). The van der Waals surface area contributed by atoms with Crippen LogP contribution in [-0.2, 0) is 15.7 Å². The van der Waals surface area contributed by atoms with Crippen molar-refractivity contribution in [3.63, 3.8) is 0 Å². The average molecular weight is 329 g/mol. The molecule has 1 N–H and O–H groups in total. The summed E-state index contributed by atoms with van der Waals surface area (Å²) in [5.41, 5.74) is -0.501. The van der Waals surface area contributed by atoms with Crippen molar-refractivity contribution in [2.24, 2.45) is 0 Å². The highest BCUT2D eigenvalue weighted by Gasteiger charge is 2.30. The van der Waals surface area contributed by atoms with E-state index in [1.165, 1.54) is 19.2 Å². The molecule has 1 aromatic carbocycles. The highest BCUT2D eigenvalue weighted by Crippen LogP contribution is 2.31. The van der Waals surface area contributed by atoms with Gasteiger partial charge in [0.1, 0.15) is 6.04 Å². The number of carbonyl (C=O) groups excluding carboxylic acids is 1. The van der Waals surface area contributed by atoms with Gasteiger partial charge in [0.15, 0.2) is 0 Å². The molecule has 0 unspecified atom stereocenters. The van der Waals surface area contributed by atoms with Crippen LogP contribution in [0.2, 0.25) is 0 Å². The van der Waals surface area contributed by atoms with Gasteiger partial charge in [-0.1, -0.05) is 25.0 Å². The van der Waals surface area contributed by atoms with E-state index in [0.29, 0.717) is 6.42 Å². The maximum Gasteiger partial charge on any atom is 0.416 e. The van der Waals surface area contributed by atoms with Crippen LogP contribution in [0.5, 0.6) is 0 Å². The van der Waals surface area contributed by atoms with Crippen LogP contribution in [0, 0.1) is 0 Å². The molecule has 0 spiro atoms. The first-order valence-corrected chi connectivity index (χ1v) is 7.51. The van der Waals surface area contributed by atoms with Gasteiger partial charge < -0.3 is 10.1 Å². The maximum atomic E-state index is 12.7. The summed E-state index contributed by atoms with van der Waals surface area (Å²) < 4.78 is 42.9. The van der Waals surface area contributed by atoms with Crippen molar-refractivity contribution in [1.82, 2.24) is 0 Å². The van der Waals surface area contributed by atoms with E-state index in [0.717, 1.165) is 37.8 Å². The molecule has 23 heavy (non-hydrogen) atoms. The van der Waals surface area contributed by atoms with Crippen molar-refractivity contribution in [2.45, 2.75) is 44.3 Å². The van der Waals surface area contributed by atoms with E-state index in [2.05, 4.69) is 11.9 Å². The fraction of sp³-hybridized carbons (Fsp3) is 0.471. The molecule has 1 aromatic rings. The van der Waals surface area contributed by atoms with E-state index < -0.39 is 23.8 Å². The van der Waals surface area contributed by atoms with Gasteiger partial charge in [0, 0.05) is 5.69 Å². The second-order valence-corrected chi connectivity index (χ2v) is 5.23. The summed E-state index contributed by atoms with van der Waals surface area (Å²) in [6, 6.07) is 4.14. The first-order chi connectivity index (χ1) is 10.9. The number of rotatable bonds is 9. The lowest BCUT2D eigenvalue weighted by Gasteiger charge is -2.18. The Labute approximate surface area is 134 Å². The molecule has 0 aliphatic carbocycles. The Morgan fingerprint density at radius 3 is 2.70 bits per heavy atom. The number of hydrogen-bond donors (Lipinski definition) is 1. The largest absolute Gasteiger partial charge is 0.467 e. The van der Waals surface area contributed by atoms with Crippen molar-refractivity contribution in [2.75, 3.05) is 12.4 Å². The summed E-state index contributed by atoms with van der Waals surface area (Å²) in [4.78, 5) is 11.8. The Morgan fingerprint density at radius 1 is 1.35 bits per heavy atom. The number of hydrogen-bond acceptors (Lipinski definition) is 3. The van der Waals surface area contributed by atoms with Crippen LogP contribution in [0.3, 0.4) is 0 Å². The van der Waals surface area contributed by atoms with Crippen molar-refractivity contribution in [1.29, 1.82) is 0 Å². The monoisotopic (exact) mass is 329 g/mol. The van der Waals surface area contributed by atoms with Gasteiger partial charge in [0.05, 0.1) is 12.7 Å². The summed E-state index contributed by atoms with van der Waals surface area (Å²) in [6.45, 7) is 3.64. The summed E-state index contributed by atoms with van der Waals surface area (Å²) in [5, 5.41) is 2.84. The minimum absolute atomic E-state index is 0.251. The number of benzene rings is 1. The molecule has 0 saturated carbocycles. The molecule has 6 heteroatoms. The van der Waals surface area contributed by atoms with Crippen molar-refractivity contribution < 1.29 is 22.7 Å². The third kappa shape index (κ3) is 6.76. The number of unbranched alkanes of at least 4 members (excludes halogenated alkanes) is 3. The highest BCUT2D eigenvalue weighted by molar-refractivity contribution is 5.79. The van der Waals surface area contributed by atoms with E-state index in [9.17, 15) is 18.0 Å². The molecule has 0 amide bonds. The number of methoxy groups -OCH3 is 1. The van der Waals surface area contributed by atoms with E-state index in [-0.39, 0.29) is 5.69 Å². The van der Waals surface area contributed by atoms with Crippen molar-refractivity contribution in [3.05, 3.63) is 42.5 Å². The Balaban J connectivity index is 2.69. The Kier molecular flexibility index (Phi) is 7.65. The molecule has 0 aliphatic rings. The molecular weight excluding hydrogens is 307 g/mol. The molecule has 0 aromatic heterocycles. The molecule has 0 radical (unpaired) electrons. The highest BCUT2D eigenvalue weighted by atomic mass is 19.4. The summed E-state index contributed by atoms with van der Waals surface area (Å²) in [6.07, 6.45) is 1.50. The summed E-state index contributed by atoms with van der Waals surface area (Å²) >= 11 is 0. The number of halogens is 3. The minimum atomic E-state index is -4.41. The number of anilines is 1. The number of ether oxygens (including phenoxy) is 1. The van der Waals surface area contributed by atoms with Gasteiger partial charge in [-0.25, -0.2) is 4.79 Å². The van der Waals surface area contributed by atoms with E-state index in [4.69, 9.17) is 4.74 Å². The maximum absolute atomic E-state index is 12.7. The van der Waals surface area contributed by atoms with Crippen LogP contribution < -0.4 is 5.32 Å². The molecule has 0 fully saturated rings. The minimum Gasteiger partial charge on any atom is -0.467 e. The Hall–Kier alpha value is -1.98. The molecular formula is C17H22F3NO2. The molecule has 128 valence electrons. The predicted octanol–water partition coefficient (Wildman–Crippen LogP) is 4.80. The van der Waals surface area contributed by atoms with Crippen LogP contribution >= 0.6 is 0 Å². The summed E-state index contributed by atoms with van der Waals surface area (Å²) in [5.74, 6) is -0.480. The number of nitrogens with one attached hydrogen (secondary N) is 1. The van der Waals surface area contributed by atoms with Crippen molar-refractivity contribution in [3.8, 4) is 0 Å². The normalized spacial score (nSPS) is 12.5. The second-order valence-electron chi connectivity index (χ2n) is 5.23. The smallest absolute Gasteiger partial charge is 0.416 e. The zero-order valence-corrected chi connectivity index (χ0v) is 13.2. The quantitative estimate of drug-likeness (QED) is 0.402. The fourth-order valence-electron chi connectivity index (χ4n) is 2.19. The van der Waals surface area contributed by atoms with Crippen LogP contribution in [0.4, 0.5) is 18.9 Å². The SMILES string of the molecule is C=CCCCCC[C@H](Nc1cccc(C(F)(F)F)c1)C(=O)OC. The van der Waals surface area contributed by atoms with Gasteiger partial charge in [-0.05, 0) is 37.5 Å². The lowest BCUT2D eigenvalue weighted by atomic mass is 10.1. The first kappa shape index (κ1) is 19.1. The molecule has 0 bridgehead atoms. The van der Waals surface area contributed by atoms with Gasteiger partial charge in [0.2, 0.25) is 0 Å². The van der Waals surface area contributed by atoms with Crippen LogP contribution in [0.25, 0.3) is 0 Å². The number of carbonyl (C=O) groups is 1. The Morgan fingerprint density at radius 2 is 2.09 bits per heavy atom. The molecule has 1 atom stereocenters. The predicted molar refractivity (Wildman–Crippen MR) is 84.2 cm³/mol. The zero-order chi connectivity index (χ0) is 17.3. The van der Waals surface area contributed by atoms with Gasteiger partial charge in [0.25, 0.3) is 0 Å². The summed E-state index contributed by atoms with van der Waals surface area (Å²) in [7, 11) is 1.26. The standard InChI is InChI=1S/C17H22F3NO2/c1-3-4-5-6-7-11-15(16(22)23-2)21-14-10-8-9-13(12-14)17(18,19)20/h3,8-10,12,15,21H,1,4-7,11H2,2H3/t15-/m0/s1. The lowest BCUT2D eigenvalue weighted by molar-refractivity contribution is -0.141. The molecule has 0 saturated heterocycles. The lowest BCUT2D eigenvalue weighted by Crippen LogP contribution is -2.30. The fourth-order valence-corrected chi connectivity index (χ4v) is 2.19. The third-order valence-corrected chi connectivity index (χ3v) is 3.42. The van der Waals surface area contributed by atoms with Crippen molar-refractivity contribution >= 4 is 11.7 Å². The third-order valence-electron chi connectivity index (χ3n) is 3.42. The number of esters is 1. The van der Waals surface area contributed by atoms with E-state index in [1.54, 1.807) is 0 Å². The molecule has 0 heterocycles. The number of alkyl halides is 3. The zero-order valence-electron chi connectivity index (χ0n) is 13.2. The van der Waals surface area contributed by atoms with Crippen LogP contribution in [0.1, 0.15) is 37.7 Å². The van der Waals surface area contributed by atoms with E-state index in [1.807, 2.05) is 6.08 Å². The van der Waals surface area contributed by atoms with Gasteiger partial charge in [-0.3, -0.25) is 0 Å². The average Bonchev–Trinajstić information content (AvgIpc) is 2.52.